The van der Waals surface area contributed by atoms with Crippen LogP contribution in [0.1, 0.15) is 45.1 Å². The van der Waals surface area contributed by atoms with Gasteiger partial charge in [0.15, 0.2) is 0 Å². The molecular formula is C14H21N. The Morgan fingerprint density at radius 2 is 1.80 bits per heavy atom. The molecule has 1 N–H and O–H groups in total. The highest BCUT2D eigenvalue weighted by Crippen LogP contribution is 2.35. The van der Waals surface area contributed by atoms with Crippen LogP contribution in [0.2, 0.25) is 0 Å². The zero-order valence-corrected chi connectivity index (χ0v) is 9.96. The predicted molar refractivity (Wildman–Crippen MR) is 66.3 cm³/mol. The summed E-state index contributed by atoms with van der Waals surface area (Å²) < 4.78 is 0. The minimum absolute atomic E-state index is 0.597. The summed E-state index contributed by atoms with van der Waals surface area (Å²) >= 11 is 0. The van der Waals surface area contributed by atoms with E-state index in [4.69, 9.17) is 0 Å². The van der Waals surface area contributed by atoms with Crippen LogP contribution in [0.3, 0.4) is 0 Å². The van der Waals surface area contributed by atoms with Crippen molar-refractivity contribution in [1.29, 1.82) is 0 Å². The molecule has 0 aliphatic heterocycles. The lowest BCUT2D eigenvalue weighted by Crippen LogP contribution is -2.18. The lowest BCUT2D eigenvalue weighted by Gasteiger charge is -2.19. The van der Waals surface area contributed by atoms with Crippen molar-refractivity contribution in [2.45, 2.75) is 45.6 Å². The molecule has 0 radical (unpaired) electrons. The lowest BCUT2D eigenvalue weighted by molar-refractivity contribution is 0.691. The molecule has 1 fully saturated rings. The Bertz CT molecular complexity index is 326. The highest BCUT2D eigenvalue weighted by molar-refractivity contribution is 5.53. The van der Waals surface area contributed by atoms with Crippen LogP contribution in [-0.2, 0) is 0 Å². The van der Waals surface area contributed by atoms with E-state index in [0.717, 1.165) is 5.92 Å². The van der Waals surface area contributed by atoms with E-state index < -0.39 is 0 Å². The van der Waals surface area contributed by atoms with Crippen molar-refractivity contribution in [3.05, 3.63) is 29.8 Å². The number of rotatable bonds is 4. The first-order chi connectivity index (χ1) is 7.18. The van der Waals surface area contributed by atoms with E-state index in [1.165, 1.54) is 24.1 Å². The Morgan fingerprint density at radius 3 is 2.40 bits per heavy atom. The molecule has 15 heavy (non-hydrogen) atoms. The molecule has 1 aromatic rings. The molecule has 1 heteroatoms. The van der Waals surface area contributed by atoms with Crippen LogP contribution in [-0.4, -0.2) is 6.04 Å². The first-order valence-corrected chi connectivity index (χ1v) is 6.04. The molecule has 0 saturated heterocycles. The summed E-state index contributed by atoms with van der Waals surface area (Å²) in [5.74, 6) is 1.50. The van der Waals surface area contributed by atoms with Gasteiger partial charge in [0.25, 0.3) is 0 Å². The maximum absolute atomic E-state index is 3.65. The second-order valence-corrected chi connectivity index (χ2v) is 5.01. The average Bonchev–Trinajstić information content (AvgIpc) is 3.01. The van der Waals surface area contributed by atoms with E-state index >= 15 is 0 Å². The molecule has 82 valence electrons. The first-order valence-electron chi connectivity index (χ1n) is 6.04. The molecule has 0 bridgehead atoms. The van der Waals surface area contributed by atoms with Gasteiger partial charge in [-0.3, -0.25) is 0 Å². The molecule has 0 aromatic heterocycles. The summed E-state index contributed by atoms with van der Waals surface area (Å²) in [6.07, 6.45) is 2.80. The third-order valence-corrected chi connectivity index (χ3v) is 3.30. The van der Waals surface area contributed by atoms with Gasteiger partial charge in [0, 0.05) is 11.7 Å². The highest BCUT2D eigenvalue weighted by atomic mass is 14.9. The number of anilines is 1. The van der Waals surface area contributed by atoms with Gasteiger partial charge in [0.2, 0.25) is 0 Å². The third kappa shape index (κ3) is 2.53. The van der Waals surface area contributed by atoms with Crippen molar-refractivity contribution < 1.29 is 0 Å². The Labute approximate surface area is 92.9 Å². The van der Waals surface area contributed by atoms with Gasteiger partial charge in [-0.2, -0.15) is 0 Å². The molecule has 2 rings (SSSR count). The maximum atomic E-state index is 3.65. The fourth-order valence-corrected chi connectivity index (χ4v) is 2.09. The third-order valence-electron chi connectivity index (χ3n) is 3.30. The zero-order valence-electron chi connectivity index (χ0n) is 9.96. The molecule has 0 amide bonds. The lowest BCUT2D eigenvalue weighted by atomic mass is 10.0. The smallest absolute Gasteiger partial charge is 0.0377 e. The van der Waals surface area contributed by atoms with Crippen molar-refractivity contribution in [2.75, 3.05) is 5.32 Å². The van der Waals surface area contributed by atoms with E-state index in [1.54, 1.807) is 0 Å². The molecule has 0 spiro atoms. The highest BCUT2D eigenvalue weighted by Gasteiger charge is 2.28. The molecule has 1 saturated carbocycles. The standard InChI is InChI=1S/C14H21N/c1-10(2)13-6-4-5-7-14(13)15-11(3)12-8-9-12/h4-7,10-12,15H,8-9H2,1-3H3/t11-/m1/s1. The number of nitrogens with one attached hydrogen (secondary N) is 1. The largest absolute Gasteiger partial charge is 0.382 e. The van der Waals surface area contributed by atoms with Gasteiger partial charge < -0.3 is 5.32 Å². The Balaban J connectivity index is 2.11. The SMILES string of the molecule is CC(C)c1ccccc1N[C@H](C)C1CC1. The van der Waals surface area contributed by atoms with Gasteiger partial charge in [-0.05, 0) is 43.2 Å². The predicted octanol–water partition coefficient (Wildman–Crippen LogP) is 4.02. The second kappa shape index (κ2) is 4.26. The summed E-state index contributed by atoms with van der Waals surface area (Å²) in [5.41, 5.74) is 2.76. The van der Waals surface area contributed by atoms with Crippen LogP contribution in [0.4, 0.5) is 5.69 Å². The fraction of sp³-hybridized carbons (Fsp3) is 0.571. The number of hydrogen-bond acceptors (Lipinski definition) is 1. The first kappa shape index (κ1) is 10.5. The van der Waals surface area contributed by atoms with E-state index in [-0.39, 0.29) is 0 Å². The van der Waals surface area contributed by atoms with Crippen LogP contribution >= 0.6 is 0 Å². The molecule has 1 aliphatic rings. The Morgan fingerprint density at radius 1 is 1.13 bits per heavy atom. The van der Waals surface area contributed by atoms with Gasteiger partial charge >= 0.3 is 0 Å². The molecule has 1 aliphatic carbocycles. The van der Waals surface area contributed by atoms with Crippen LogP contribution in [0.5, 0.6) is 0 Å². The number of para-hydroxylation sites is 1. The van der Waals surface area contributed by atoms with Crippen LogP contribution in [0.25, 0.3) is 0 Å². The molecule has 1 atom stereocenters. The van der Waals surface area contributed by atoms with Crippen LogP contribution in [0, 0.1) is 5.92 Å². The summed E-state index contributed by atoms with van der Waals surface area (Å²) in [6.45, 7) is 6.80. The summed E-state index contributed by atoms with van der Waals surface area (Å²) in [6, 6.07) is 9.31. The maximum Gasteiger partial charge on any atom is 0.0377 e. The number of benzene rings is 1. The fourth-order valence-electron chi connectivity index (χ4n) is 2.09. The van der Waals surface area contributed by atoms with Gasteiger partial charge in [-0.1, -0.05) is 32.0 Å². The van der Waals surface area contributed by atoms with Crippen molar-refractivity contribution in [3.8, 4) is 0 Å². The molecular weight excluding hydrogens is 182 g/mol. The minimum Gasteiger partial charge on any atom is -0.382 e. The summed E-state index contributed by atoms with van der Waals surface area (Å²) in [7, 11) is 0. The van der Waals surface area contributed by atoms with E-state index in [1.807, 2.05) is 0 Å². The Hall–Kier alpha value is -0.980. The quantitative estimate of drug-likeness (QED) is 0.779. The van der Waals surface area contributed by atoms with Crippen molar-refractivity contribution in [2.24, 2.45) is 5.92 Å². The minimum atomic E-state index is 0.597. The second-order valence-electron chi connectivity index (χ2n) is 5.01. The van der Waals surface area contributed by atoms with Gasteiger partial charge in [0.1, 0.15) is 0 Å². The Kier molecular flexibility index (Phi) is 2.99. The monoisotopic (exact) mass is 203 g/mol. The van der Waals surface area contributed by atoms with Gasteiger partial charge in [-0.15, -0.1) is 0 Å². The summed E-state index contributed by atoms with van der Waals surface area (Å²) in [5, 5.41) is 3.65. The van der Waals surface area contributed by atoms with Gasteiger partial charge in [0.05, 0.1) is 0 Å². The molecule has 1 aromatic carbocycles. The van der Waals surface area contributed by atoms with Crippen LogP contribution in [0.15, 0.2) is 24.3 Å². The topological polar surface area (TPSA) is 12.0 Å². The number of hydrogen-bond donors (Lipinski definition) is 1. The molecule has 0 unspecified atom stereocenters. The normalized spacial score (nSPS) is 17.9. The van der Waals surface area contributed by atoms with E-state index in [9.17, 15) is 0 Å². The van der Waals surface area contributed by atoms with Crippen molar-refractivity contribution >= 4 is 5.69 Å². The van der Waals surface area contributed by atoms with Crippen molar-refractivity contribution in [3.63, 3.8) is 0 Å². The van der Waals surface area contributed by atoms with E-state index in [2.05, 4.69) is 50.4 Å². The molecule has 0 heterocycles. The molecule has 1 nitrogen and oxygen atoms in total. The summed E-state index contributed by atoms with van der Waals surface area (Å²) in [4.78, 5) is 0. The van der Waals surface area contributed by atoms with Crippen molar-refractivity contribution in [1.82, 2.24) is 0 Å². The van der Waals surface area contributed by atoms with Crippen LogP contribution < -0.4 is 5.32 Å². The van der Waals surface area contributed by atoms with E-state index in [0.29, 0.717) is 12.0 Å². The van der Waals surface area contributed by atoms with Gasteiger partial charge in [-0.25, -0.2) is 0 Å². The zero-order chi connectivity index (χ0) is 10.8. The average molecular weight is 203 g/mol.